The summed E-state index contributed by atoms with van der Waals surface area (Å²) in [5.74, 6) is 1.81. The summed E-state index contributed by atoms with van der Waals surface area (Å²) in [5, 5.41) is 4.52. The van der Waals surface area contributed by atoms with Gasteiger partial charge in [-0.3, -0.25) is 4.57 Å². The van der Waals surface area contributed by atoms with Crippen molar-refractivity contribution in [2.45, 2.75) is 0 Å². The molecule has 0 aliphatic carbocycles. The van der Waals surface area contributed by atoms with Crippen molar-refractivity contribution < 1.29 is 4.42 Å². The van der Waals surface area contributed by atoms with Gasteiger partial charge in [0, 0.05) is 32.7 Å². The Bertz CT molecular complexity index is 2850. The topological polar surface area (TPSA) is 56.7 Å². The van der Waals surface area contributed by atoms with E-state index in [2.05, 4.69) is 114 Å². The molecule has 3 aromatic heterocycles. The molecule has 0 radical (unpaired) electrons. The number of benzene rings is 7. The van der Waals surface area contributed by atoms with Gasteiger partial charge in [-0.25, -0.2) is 4.98 Å². The molecule has 0 fully saturated rings. The zero-order valence-corrected chi connectivity index (χ0v) is 26.9. The highest BCUT2D eigenvalue weighted by Gasteiger charge is 2.19. The first-order valence-electron chi connectivity index (χ1n) is 16.7. The fourth-order valence-electron chi connectivity index (χ4n) is 7.12. The Morgan fingerprint density at radius 1 is 0.380 bits per heavy atom. The number of hydrogen-bond acceptors (Lipinski definition) is 4. The molecule has 10 rings (SSSR count). The lowest BCUT2D eigenvalue weighted by Crippen LogP contribution is -2.06. The summed E-state index contributed by atoms with van der Waals surface area (Å²) in [6.45, 7) is 0. The van der Waals surface area contributed by atoms with Crippen LogP contribution in [0.3, 0.4) is 0 Å². The monoisotopic (exact) mass is 640 g/mol. The first kappa shape index (κ1) is 28.2. The van der Waals surface area contributed by atoms with Gasteiger partial charge in [-0.1, -0.05) is 140 Å². The quantitative estimate of drug-likeness (QED) is 0.188. The van der Waals surface area contributed by atoms with E-state index in [1.165, 1.54) is 11.1 Å². The van der Waals surface area contributed by atoms with Crippen LogP contribution in [-0.2, 0) is 0 Å². The Morgan fingerprint density at radius 3 is 1.74 bits per heavy atom. The van der Waals surface area contributed by atoms with Crippen molar-refractivity contribution in [2.24, 2.45) is 0 Å². The van der Waals surface area contributed by atoms with Gasteiger partial charge in [-0.05, 0) is 52.6 Å². The normalized spacial score (nSPS) is 11.6. The number of furan rings is 1. The second kappa shape index (κ2) is 11.4. The molecular weight excluding hydrogens is 613 g/mol. The third-order valence-electron chi connectivity index (χ3n) is 9.49. The van der Waals surface area contributed by atoms with Crippen molar-refractivity contribution in [3.63, 3.8) is 0 Å². The number of nitrogens with zero attached hydrogens (tertiary/aromatic N) is 4. The van der Waals surface area contributed by atoms with Crippen LogP contribution in [0, 0.1) is 0 Å². The Labute approximate surface area is 287 Å². The standard InChI is InChI=1S/C45H28N4O/c1-3-12-29(13-4-1)33-26-27-39-37(28-33)35-16-7-9-19-38(35)49(39)45-47-43(31-14-5-2-6-15-31)46-44(48-45)32-24-22-30(23-25-32)34-18-11-21-41-42(34)36-17-8-10-20-40(36)50-41/h1-28H. The largest absolute Gasteiger partial charge is 0.456 e. The highest BCUT2D eigenvalue weighted by atomic mass is 16.3. The van der Waals surface area contributed by atoms with Gasteiger partial charge in [0.1, 0.15) is 11.2 Å². The van der Waals surface area contributed by atoms with Crippen LogP contribution in [0.5, 0.6) is 0 Å². The minimum Gasteiger partial charge on any atom is -0.456 e. The molecular formula is C45H28N4O. The first-order chi connectivity index (χ1) is 24.8. The third-order valence-corrected chi connectivity index (χ3v) is 9.49. The van der Waals surface area contributed by atoms with Crippen LogP contribution in [0.1, 0.15) is 0 Å². The minimum atomic E-state index is 0.575. The summed E-state index contributed by atoms with van der Waals surface area (Å²) in [6, 6.07) is 58.6. The maximum atomic E-state index is 6.17. The molecule has 5 heteroatoms. The molecule has 10 aromatic rings. The molecule has 0 spiro atoms. The molecule has 3 heterocycles. The van der Waals surface area contributed by atoms with Crippen molar-refractivity contribution in [2.75, 3.05) is 0 Å². The highest BCUT2D eigenvalue weighted by Crippen LogP contribution is 2.38. The second-order valence-electron chi connectivity index (χ2n) is 12.5. The molecule has 234 valence electrons. The van der Waals surface area contributed by atoms with Crippen molar-refractivity contribution in [1.82, 2.24) is 19.5 Å². The molecule has 0 N–H and O–H groups in total. The zero-order valence-electron chi connectivity index (χ0n) is 26.9. The van der Waals surface area contributed by atoms with E-state index in [1.807, 2.05) is 60.7 Å². The van der Waals surface area contributed by atoms with Crippen molar-refractivity contribution in [1.29, 1.82) is 0 Å². The number of aromatic nitrogens is 4. The van der Waals surface area contributed by atoms with Crippen molar-refractivity contribution >= 4 is 43.7 Å². The van der Waals surface area contributed by atoms with Crippen LogP contribution in [-0.4, -0.2) is 19.5 Å². The predicted molar refractivity (Wildman–Crippen MR) is 203 cm³/mol. The van der Waals surface area contributed by atoms with Crippen LogP contribution < -0.4 is 0 Å². The van der Waals surface area contributed by atoms with Crippen molar-refractivity contribution in [3.8, 4) is 51.0 Å². The van der Waals surface area contributed by atoms with E-state index in [0.717, 1.165) is 66.0 Å². The van der Waals surface area contributed by atoms with Crippen LogP contribution in [0.4, 0.5) is 0 Å². The second-order valence-corrected chi connectivity index (χ2v) is 12.5. The maximum Gasteiger partial charge on any atom is 0.238 e. The Kier molecular flexibility index (Phi) is 6.42. The summed E-state index contributed by atoms with van der Waals surface area (Å²) in [4.78, 5) is 15.3. The van der Waals surface area contributed by atoms with Gasteiger partial charge in [0.25, 0.3) is 0 Å². The molecule has 0 unspecified atom stereocenters. The Balaban J connectivity index is 1.15. The van der Waals surface area contributed by atoms with Gasteiger partial charge in [-0.2, -0.15) is 9.97 Å². The van der Waals surface area contributed by atoms with E-state index in [0.29, 0.717) is 17.6 Å². The van der Waals surface area contributed by atoms with Crippen molar-refractivity contribution in [3.05, 3.63) is 170 Å². The molecule has 0 bridgehead atoms. The molecule has 0 saturated carbocycles. The minimum absolute atomic E-state index is 0.575. The van der Waals surface area contributed by atoms with Crippen LogP contribution in [0.15, 0.2) is 174 Å². The van der Waals surface area contributed by atoms with E-state index in [-0.39, 0.29) is 0 Å². The van der Waals surface area contributed by atoms with Gasteiger partial charge in [0.15, 0.2) is 11.6 Å². The molecule has 0 atom stereocenters. The molecule has 0 aliphatic heterocycles. The van der Waals surface area contributed by atoms with Gasteiger partial charge < -0.3 is 4.42 Å². The smallest absolute Gasteiger partial charge is 0.238 e. The fraction of sp³-hybridized carbons (Fsp3) is 0. The molecule has 50 heavy (non-hydrogen) atoms. The Morgan fingerprint density at radius 2 is 0.960 bits per heavy atom. The molecule has 5 nitrogen and oxygen atoms in total. The molecule has 0 amide bonds. The molecule has 0 saturated heterocycles. The molecule has 0 aliphatic rings. The van der Waals surface area contributed by atoms with E-state index in [9.17, 15) is 0 Å². The summed E-state index contributed by atoms with van der Waals surface area (Å²) in [6.07, 6.45) is 0. The van der Waals surface area contributed by atoms with Crippen LogP contribution >= 0.6 is 0 Å². The van der Waals surface area contributed by atoms with Crippen LogP contribution in [0.2, 0.25) is 0 Å². The van der Waals surface area contributed by atoms with Gasteiger partial charge >= 0.3 is 0 Å². The summed E-state index contributed by atoms with van der Waals surface area (Å²) in [7, 11) is 0. The number of fused-ring (bicyclic) bond motifs is 6. The first-order valence-corrected chi connectivity index (χ1v) is 16.7. The van der Waals surface area contributed by atoms with Gasteiger partial charge in [-0.15, -0.1) is 0 Å². The average Bonchev–Trinajstić information content (AvgIpc) is 3.74. The van der Waals surface area contributed by atoms with Gasteiger partial charge in [0.2, 0.25) is 5.95 Å². The number of rotatable bonds is 5. The lowest BCUT2D eigenvalue weighted by atomic mass is 9.98. The SMILES string of the molecule is c1ccc(-c2ccc3c(c2)c2ccccc2n3-c2nc(-c3ccccc3)nc(-c3ccc(-c4cccc5oc6ccccc6c45)cc3)n2)cc1. The molecule has 7 aromatic carbocycles. The predicted octanol–water partition coefficient (Wildman–Crippen LogP) is 11.5. The summed E-state index contributed by atoms with van der Waals surface area (Å²) < 4.78 is 8.33. The van der Waals surface area contributed by atoms with E-state index < -0.39 is 0 Å². The summed E-state index contributed by atoms with van der Waals surface area (Å²) >= 11 is 0. The van der Waals surface area contributed by atoms with E-state index >= 15 is 0 Å². The van der Waals surface area contributed by atoms with E-state index in [1.54, 1.807) is 0 Å². The lowest BCUT2D eigenvalue weighted by Gasteiger charge is -2.11. The highest BCUT2D eigenvalue weighted by molar-refractivity contribution is 6.12. The maximum absolute atomic E-state index is 6.17. The van der Waals surface area contributed by atoms with Crippen LogP contribution in [0.25, 0.3) is 94.7 Å². The lowest BCUT2D eigenvalue weighted by molar-refractivity contribution is 0.669. The summed E-state index contributed by atoms with van der Waals surface area (Å²) in [5.41, 5.74) is 10.3. The third kappa shape index (κ3) is 4.60. The zero-order chi connectivity index (χ0) is 33.0. The fourth-order valence-corrected chi connectivity index (χ4v) is 7.12. The van der Waals surface area contributed by atoms with E-state index in [4.69, 9.17) is 19.4 Å². The number of para-hydroxylation sites is 2. The van der Waals surface area contributed by atoms with Gasteiger partial charge in [0.05, 0.1) is 11.0 Å². The Hall–Kier alpha value is -6.85. The number of hydrogen-bond donors (Lipinski definition) is 0. The average molecular weight is 641 g/mol.